The number of carboxylic acid groups (broad SMARTS) is 1. The van der Waals surface area contributed by atoms with E-state index in [1.807, 2.05) is 13.2 Å². The predicted molar refractivity (Wildman–Crippen MR) is 59.2 cm³/mol. The molecule has 1 aromatic heterocycles. The van der Waals surface area contributed by atoms with Crippen molar-refractivity contribution in [1.29, 1.82) is 0 Å². The third-order valence-electron chi connectivity index (χ3n) is 3.15. The zero-order chi connectivity index (χ0) is 11.5. The van der Waals surface area contributed by atoms with Gasteiger partial charge in [0.25, 0.3) is 0 Å². The van der Waals surface area contributed by atoms with Gasteiger partial charge in [-0.15, -0.1) is 0 Å². The molecule has 0 radical (unpaired) electrons. The highest BCUT2D eigenvalue weighted by atomic mass is 16.4. The maximum absolute atomic E-state index is 10.7. The topological polar surface area (TPSA) is 67.2 Å². The molecule has 0 amide bonds. The fourth-order valence-electron chi connectivity index (χ4n) is 2.35. The van der Waals surface area contributed by atoms with Gasteiger partial charge >= 0.3 is 5.97 Å². The predicted octanol–water partition coefficient (Wildman–Crippen LogP) is 0.955. The van der Waals surface area contributed by atoms with Crippen molar-refractivity contribution in [2.45, 2.75) is 38.3 Å². The van der Waals surface area contributed by atoms with Crippen LogP contribution in [0.1, 0.15) is 36.6 Å². The van der Waals surface area contributed by atoms with Gasteiger partial charge in [-0.2, -0.15) is 5.10 Å². The van der Waals surface area contributed by atoms with E-state index in [1.54, 1.807) is 4.68 Å². The molecule has 1 aromatic rings. The molecule has 1 unspecified atom stereocenters. The van der Waals surface area contributed by atoms with E-state index in [0.29, 0.717) is 6.04 Å². The van der Waals surface area contributed by atoms with Gasteiger partial charge in [0.05, 0.1) is 6.20 Å². The van der Waals surface area contributed by atoms with Gasteiger partial charge in [0, 0.05) is 17.3 Å². The molecule has 2 N–H and O–H groups in total. The minimum Gasteiger partial charge on any atom is -0.480 e. The molecule has 2 rings (SSSR count). The van der Waals surface area contributed by atoms with E-state index in [1.165, 1.54) is 12.0 Å². The number of fused-ring (bicyclic) bond motifs is 1. The third kappa shape index (κ3) is 2.09. The Labute approximate surface area is 94.5 Å². The number of aromatic nitrogens is 2. The fraction of sp³-hybridized carbons (Fsp3) is 0.636. The summed E-state index contributed by atoms with van der Waals surface area (Å²) in [6.45, 7) is -0.0359. The highest BCUT2D eigenvalue weighted by Gasteiger charge is 2.21. The van der Waals surface area contributed by atoms with Crippen molar-refractivity contribution in [2.24, 2.45) is 0 Å². The van der Waals surface area contributed by atoms with Crippen molar-refractivity contribution < 1.29 is 9.90 Å². The van der Waals surface area contributed by atoms with Crippen LogP contribution in [0.4, 0.5) is 0 Å². The van der Waals surface area contributed by atoms with Gasteiger partial charge < -0.3 is 10.4 Å². The minimum atomic E-state index is -0.837. The Morgan fingerprint density at radius 1 is 1.69 bits per heavy atom. The second kappa shape index (κ2) is 4.65. The summed E-state index contributed by atoms with van der Waals surface area (Å²) >= 11 is 0. The van der Waals surface area contributed by atoms with Crippen LogP contribution in [0.25, 0.3) is 0 Å². The Morgan fingerprint density at radius 2 is 2.50 bits per heavy atom. The van der Waals surface area contributed by atoms with Gasteiger partial charge in [-0.25, -0.2) is 0 Å². The van der Waals surface area contributed by atoms with Gasteiger partial charge in [0.15, 0.2) is 0 Å². The van der Waals surface area contributed by atoms with Crippen LogP contribution in [0.2, 0.25) is 0 Å². The molecular weight excluding hydrogens is 206 g/mol. The first kappa shape index (κ1) is 11.1. The van der Waals surface area contributed by atoms with E-state index in [4.69, 9.17) is 5.11 Å². The summed E-state index contributed by atoms with van der Waals surface area (Å²) in [6, 6.07) is 0.319. The molecule has 0 saturated carbocycles. The summed E-state index contributed by atoms with van der Waals surface area (Å²) in [5.41, 5.74) is 2.25. The normalized spacial score (nSPS) is 20.2. The van der Waals surface area contributed by atoms with Crippen molar-refractivity contribution in [3.05, 3.63) is 17.5 Å². The van der Waals surface area contributed by atoms with E-state index in [9.17, 15) is 4.79 Å². The molecular formula is C11H17N3O2. The third-order valence-corrected chi connectivity index (χ3v) is 3.15. The number of rotatable bonds is 3. The standard InChI is InChI=1S/C11H17N3O2/c1-12-9-4-2-3-5-10-8(9)6-13-14(10)7-11(15)16/h6,9,12H,2-5,7H2,1H3,(H,15,16). The Kier molecular flexibility index (Phi) is 3.24. The van der Waals surface area contributed by atoms with Crippen molar-refractivity contribution in [3.63, 3.8) is 0 Å². The number of carbonyl (C=O) groups is 1. The highest BCUT2D eigenvalue weighted by molar-refractivity contribution is 5.66. The summed E-state index contributed by atoms with van der Waals surface area (Å²) in [4.78, 5) is 10.7. The van der Waals surface area contributed by atoms with Crippen LogP contribution in [0.3, 0.4) is 0 Å². The first-order chi connectivity index (χ1) is 7.72. The second-order valence-corrected chi connectivity index (χ2v) is 4.19. The number of hydrogen-bond acceptors (Lipinski definition) is 3. The summed E-state index contributed by atoms with van der Waals surface area (Å²) in [5.74, 6) is -0.837. The number of nitrogens with zero attached hydrogens (tertiary/aromatic N) is 2. The lowest BCUT2D eigenvalue weighted by Gasteiger charge is -2.13. The average Bonchev–Trinajstić information content (AvgIpc) is 2.51. The van der Waals surface area contributed by atoms with Crippen LogP contribution in [0, 0.1) is 0 Å². The van der Waals surface area contributed by atoms with Gasteiger partial charge in [-0.1, -0.05) is 6.42 Å². The lowest BCUT2D eigenvalue weighted by molar-refractivity contribution is -0.137. The van der Waals surface area contributed by atoms with Crippen molar-refractivity contribution in [1.82, 2.24) is 15.1 Å². The van der Waals surface area contributed by atoms with E-state index >= 15 is 0 Å². The lowest BCUT2D eigenvalue weighted by Crippen LogP contribution is -2.17. The Morgan fingerprint density at radius 3 is 3.19 bits per heavy atom. The van der Waals surface area contributed by atoms with E-state index < -0.39 is 5.97 Å². The Hall–Kier alpha value is -1.36. The van der Waals surface area contributed by atoms with Crippen LogP contribution < -0.4 is 5.32 Å². The molecule has 88 valence electrons. The number of nitrogens with one attached hydrogen (secondary N) is 1. The lowest BCUT2D eigenvalue weighted by atomic mass is 10.1. The molecule has 16 heavy (non-hydrogen) atoms. The monoisotopic (exact) mass is 223 g/mol. The van der Waals surface area contributed by atoms with Gasteiger partial charge in [0.2, 0.25) is 0 Å². The zero-order valence-electron chi connectivity index (χ0n) is 9.44. The highest BCUT2D eigenvalue weighted by Crippen LogP contribution is 2.28. The fourth-order valence-corrected chi connectivity index (χ4v) is 2.35. The molecule has 0 bridgehead atoms. The van der Waals surface area contributed by atoms with E-state index in [0.717, 1.165) is 25.0 Å². The van der Waals surface area contributed by atoms with Crippen molar-refractivity contribution >= 4 is 5.97 Å². The molecule has 1 aliphatic carbocycles. The molecule has 5 nitrogen and oxygen atoms in total. The SMILES string of the molecule is CNC1CCCCc2c1cnn2CC(=O)O. The largest absolute Gasteiger partial charge is 0.480 e. The molecule has 5 heteroatoms. The molecule has 0 fully saturated rings. The number of hydrogen-bond donors (Lipinski definition) is 2. The molecule has 0 aliphatic heterocycles. The Bertz CT molecular complexity index is 387. The zero-order valence-corrected chi connectivity index (χ0v) is 9.44. The van der Waals surface area contributed by atoms with Crippen LogP contribution in [0.5, 0.6) is 0 Å². The quantitative estimate of drug-likeness (QED) is 0.749. The summed E-state index contributed by atoms with van der Waals surface area (Å²) in [5, 5.41) is 16.2. The average molecular weight is 223 g/mol. The summed E-state index contributed by atoms with van der Waals surface area (Å²) in [7, 11) is 1.94. The van der Waals surface area contributed by atoms with Gasteiger partial charge in [-0.05, 0) is 26.3 Å². The molecule has 1 aliphatic rings. The molecule has 0 saturated heterocycles. The minimum absolute atomic E-state index is 0.0359. The van der Waals surface area contributed by atoms with Crippen molar-refractivity contribution in [3.8, 4) is 0 Å². The van der Waals surface area contributed by atoms with Gasteiger partial charge in [0.1, 0.15) is 6.54 Å². The number of carboxylic acids is 1. The first-order valence-corrected chi connectivity index (χ1v) is 5.66. The van der Waals surface area contributed by atoms with E-state index in [-0.39, 0.29) is 6.54 Å². The summed E-state index contributed by atoms with van der Waals surface area (Å²) in [6.07, 6.45) is 6.12. The molecule has 0 spiro atoms. The van der Waals surface area contributed by atoms with Crippen molar-refractivity contribution in [2.75, 3.05) is 7.05 Å². The van der Waals surface area contributed by atoms with E-state index in [2.05, 4.69) is 10.4 Å². The van der Waals surface area contributed by atoms with Crippen LogP contribution >= 0.6 is 0 Å². The van der Waals surface area contributed by atoms with Crippen LogP contribution in [-0.4, -0.2) is 27.9 Å². The molecule has 1 atom stereocenters. The summed E-state index contributed by atoms with van der Waals surface area (Å²) < 4.78 is 1.62. The van der Waals surface area contributed by atoms with Crippen LogP contribution in [-0.2, 0) is 17.8 Å². The number of aliphatic carboxylic acids is 1. The maximum atomic E-state index is 10.7. The maximum Gasteiger partial charge on any atom is 0.325 e. The van der Waals surface area contributed by atoms with Crippen LogP contribution in [0.15, 0.2) is 6.20 Å². The molecule has 1 heterocycles. The molecule has 0 aromatic carbocycles. The smallest absolute Gasteiger partial charge is 0.325 e. The Balaban J connectivity index is 2.31. The van der Waals surface area contributed by atoms with Gasteiger partial charge in [-0.3, -0.25) is 9.48 Å². The second-order valence-electron chi connectivity index (χ2n) is 4.19. The first-order valence-electron chi connectivity index (χ1n) is 5.66.